The maximum absolute atomic E-state index is 5.87. The SMILES string of the molecule is CN(C)C(CCCl)c1c[nH]c2ccccc12. The van der Waals surface area contributed by atoms with E-state index in [0.717, 1.165) is 6.42 Å². The van der Waals surface area contributed by atoms with Crippen molar-refractivity contribution in [1.82, 2.24) is 9.88 Å². The van der Waals surface area contributed by atoms with Crippen LogP contribution in [-0.4, -0.2) is 29.9 Å². The van der Waals surface area contributed by atoms with Crippen LogP contribution in [0.3, 0.4) is 0 Å². The van der Waals surface area contributed by atoms with E-state index in [1.165, 1.54) is 16.5 Å². The molecule has 0 saturated carbocycles. The third kappa shape index (κ3) is 2.08. The fraction of sp³-hybridized carbons (Fsp3) is 0.385. The minimum Gasteiger partial charge on any atom is -0.361 e. The van der Waals surface area contributed by atoms with Crippen LogP contribution in [0, 0.1) is 0 Å². The van der Waals surface area contributed by atoms with Crippen LogP contribution in [0.2, 0.25) is 0 Å². The molecule has 1 unspecified atom stereocenters. The van der Waals surface area contributed by atoms with E-state index >= 15 is 0 Å². The van der Waals surface area contributed by atoms with Crippen LogP contribution in [0.4, 0.5) is 0 Å². The third-order valence-electron chi connectivity index (χ3n) is 2.99. The number of hydrogen-bond donors (Lipinski definition) is 1. The maximum atomic E-state index is 5.87. The van der Waals surface area contributed by atoms with E-state index < -0.39 is 0 Å². The molecule has 16 heavy (non-hydrogen) atoms. The number of hydrogen-bond acceptors (Lipinski definition) is 1. The van der Waals surface area contributed by atoms with Crippen LogP contribution in [0.25, 0.3) is 10.9 Å². The van der Waals surface area contributed by atoms with Crippen LogP contribution in [0.15, 0.2) is 30.5 Å². The van der Waals surface area contributed by atoms with Gasteiger partial charge in [-0.3, -0.25) is 0 Å². The number of nitrogens with zero attached hydrogens (tertiary/aromatic N) is 1. The number of halogens is 1. The third-order valence-corrected chi connectivity index (χ3v) is 3.20. The van der Waals surface area contributed by atoms with E-state index in [4.69, 9.17) is 11.6 Å². The van der Waals surface area contributed by atoms with Gasteiger partial charge in [0.1, 0.15) is 0 Å². The zero-order chi connectivity index (χ0) is 11.5. The maximum Gasteiger partial charge on any atom is 0.0457 e. The first kappa shape index (κ1) is 11.5. The molecule has 0 fully saturated rings. The lowest BCUT2D eigenvalue weighted by molar-refractivity contribution is 0.295. The second-order valence-electron chi connectivity index (χ2n) is 4.25. The summed E-state index contributed by atoms with van der Waals surface area (Å²) in [7, 11) is 4.19. The van der Waals surface area contributed by atoms with Gasteiger partial charge in [0.05, 0.1) is 0 Å². The molecule has 1 aromatic heterocycles. The van der Waals surface area contributed by atoms with E-state index in [2.05, 4.69) is 54.4 Å². The summed E-state index contributed by atoms with van der Waals surface area (Å²) < 4.78 is 0. The number of para-hydroxylation sites is 1. The summed E-state index contributed by atoms with van der Waals surface area (Å²) in [5.41, 5.74) is 2.53. The molecule has 0 bridgehead atoms. The summed E-state index contributed by atoms with van der Waals surface area (Å²) in [6.07, 6.45) is 3.07. The standard InChI is InChI=1S/C13H17ClN2/c1-16(2)13(7-8-14)11-9-15-12-6-4-3-5-10(11)12/h3-6,9,13,15H,7-8H2,1-2H3. The Hall–Kier alpha value is -0.990. The van der Waals surface area contributed by atoms with Crippen LogP contribution < -0.4 is 0 Å². The van der Waals surface area contributed by atoms with Crippen molar-refractivity contribution in [3.8, 4) is 0 Å². The molecule has 0 aliphatic rings. The first-order chi connectivity index (χ1) is 7.74. The molecule has 86 valence electrons. The summed E-state index contributed by atoms with van der Waals surface area (Å²) >= 11 is 5.87. The minimum absolute atomic E-state index is 0.383. The summed E-state index contributed by atoms with van der Waals surface area (Å²) in [5.74, 6) is 0.683. The molecule has 1 N–H and O–H groups in total. The van der Waals surface area contributed by atoms with Crippen molar-refractivity contribution in [1.29, 1.82) is 0 Å². The molecule has 0 saturated heterocycles. The molecule has 0 amide bonds. The Bertz CT molecular complexity index is 462. The van der Waals surface area contributed by atoms with Gasteiger partial charge in [-0.2, -0.15) is 0 Å². The highest BCUT2D eigenvalue weighted by Crippen LogP contribution is 2.29. The van der Waals surface area contributed by atoms with E-state index in [1.807, 2.05) is 0 Å². The molecule has 1 heterocycles. The van der Waals surface area contributed by atoms with Gasteiger partial charge in [0.2, 0.25) is 0 Å². The second-order valence-corrected chi connectivity index (χ2v) is 4.62. The zero-order valence-corrected chi connectivity index (χ0v) is 10.5. The lowest BCUT2D eigenvalue weighted by Gasteiger charge is -2.23. The molecule has 1 aromatic carbocycles. The number of alkyl halides is 1. The summed E-state index contributed by atoms with van der Waals surface area (Å²) in [6, 6.07) is 8.77. The number of nitrogens with one attached hydrogen (secondary N) is 1. The first-order valence-electron chi connectivity index (χ1n) is 5.52. The average Bonchev–Trinajstić information content (AvgIpc) is 2.69. The van der Waals surface area contributed by atoms with Gasteiger partial charge in [-0.1, -0.05) is 18.2 Å². The lowest BCUT2D eigenvalue weighted by atomic mass is 10.0. The normalized spacial score (nSPS) is 13.5. The van der Waals surface area contributed by atoms with Crippen molar-refractivity contribution in [2.45, 2.75) is 12.5 Å². The van der Waals surface area contributed by atoms with Crippen molar-refractivity contribution in [2.24, 2.45) is 0 Å². The number of fused-ring (bicyclic) bond motifs is 1. The molecule has 2 nitrogen and oxygen atoms in total. The highest BCUT2D eigenvalue weighted by atomic mass is 35.5. The van der Waals surface area contributed by atoms with E-state index in [9.17, 15) is 0 Å². The van der Waals surface area contributed by atoms with Gasteiger partial charge in [-0.15, -0.1) is 11.6 Å². The highest BCUT2D eigenvalue weighted by Gasteiger charge is 2.16. The van der Waals surface area contributed by atoms with E-state index in [1.54, 1.807) is 0 Å². The zero-order valence-electron chi connectivity index (χ0n) is 9.70. The highest BCUT2D eigenvalue weighted by molar-refractivity contribution is 6.17. The van der Waals surface area contributed by atoms with Gasteiger partial charge in [0.25, 0.3) is 0 Å². The van der Waals surface area contributed by atoms with Gasteiger partial charge in [-0.05, 0) is 32.1 Å². The number of H-pyrrole nitrogens is 1. The Kier molecular flexibility index (Phi) is 3.52. The molecule has 2 aromatic rings. The smallest absolute Gasteiger partial charge is 0.0457 e. The van der Waals surface area contributed by atoms with Crippen LogP contribution in [0.1, 0.15) is 18.0 Å². The van der Waals surface area contributed by atoms with Crippen molar-refractivity contribution in [3.05, 3.63) is 36.0 Å². The molecular weight excluding hydrogens is 220 g/mol. The summed E-state index contributed by atoms with van der Waals surface area (Å²) in [6.45, 7) is 0. The predicted molar refractivity (Wildman–Crippen MR) is 70.1 cm³/mol. The second kappa shape index (κ2) is 4.89. The molecule has 0 aliphatic heterocycles. The van der Waals surface area contributed by atoms with Gasteiger partial charge >= 0.3 is 0 Å². The van der Waals surface area contributed by atoms with E-state index in [0.29, 0.717) is 11.9 Å². The van der Waals surface area contributed by atoms with E-state index in [-0.39, 0.29) is 0 Å². The van der Waals surface area contributed by atoms with Crippen molar-refractivity contribution in [3.63, 3.8) is 0 Å². The molecule has 0 aliphatic carbocycles. The monoisotopic (exact) mass is 236 g/mol. The van der Waals surface area contributed by atoms with Gasteiger partial charge in [-0.25, -0.2) is 0 Å². The molecule has 2 rings (SSSR count). The number of benzene rings is 1. The predicted octanol–water partition coefficient (Wildman–Crippen LogP) is 3.40. The molecule has 1 atom stereocenters. The topological polar surface area (TPSA) is 19.0 Å². The van der Waals surface area contributed by atoms with Crippen molar-refractivity contribution >= 4 is 22.5 Å². The van der Waals surface area contributed by atoms with Gasteiger partial charge in [0.15, 0.2) is 0 Å². The van der Waals surface area contributed by atoms with Gasteiger partial charge < -0.3 is 9.88 Å². The van der Waals surface area contributed by atoms with Gasteiger partial charge in [0, 0.05) is 29.0 Å². The molecular formula is C13H17ClN2. The summed E-state index contributed by atoms with van der Waals surface area (Å²) in [4.78, 5) is 5.53. The number of aromatic amines is 1. The van der Waals surface area contributed by atoms with Crippen LogP contribution >= 0.6 is 11.6 Å². The van der Waals surface area contributed by atoms with Crippen molar-refractivity contribution < 1.29 is 0 Å². The minimum atomic E-state index is 0.383. The average molecular weight is 237 g/mol. The molecule has 0 spiro atoms. The Labute approximate surface area is 101 Å². The fourth-order valence-corrected chi connectivity index (χ4v) is 2.37. The molecule has 3 heteroatoms. The number of rotatable bonds is 4. The Morgan fingerprint density at radius 2 is 2.06 bits per heavy atom. The Morgan fingerprint density at radius 3 is 2.75 bits per heavy atom. The molecule has 0 radical (unpaired) electrons. The fourth-order valence-electron chi connectivity index (χ4n) is 2.16. The van der Waals surface area contributed by atoms with Crippen LogP contribution in [-0.2, 0) is 0 Å². The first-order valence-corrected chi connectivity index (χ1v) is 6.06. The Balaban J connectivity index is 2.44. The quantitative estimate of drug-likeness (QED) is 0.807. The van der Waals surface area contributed by atoms with Crippen LogP contribution in [0.5, 0.6) is 0 Å². The lowest BCUT2D eigenvalue weighted by Crippen LogP contribution is -2.20. The summed E-state index contributed by atoms with van der Waals surface area (Å²) in [5, 5.41) is 1.30. The Morgan fingerprint density at radius 1 is 1.31 bits per heavy atom. The largest absolute Gasteiger partial charge is 0.361 e. The number of aromatic nitrogens is 1. The van der Waals surface area contributed by atoms with Crippen molar-refractivity contribution in [2.75, 3.05) is 20.0 Å².